The largest absolute Gasteiger partial charge is 0.487 e. The van der Waals surface area contributed by atoms with E-state index in [-0.39, 0.29) is 17.9 Å². The summed E-state index contributed by atoms with van der Waals surface area (Å²) in [5.74, 6) is -1.57. The number of carbonyl (C=O) groups is 1. The van der Waals surface area contributed by atoms with Gasteiger partial charge in [-0.05, 0) is 49.1 Å². The lowest BCUT2D eigenvalue weighted by Crippen LogP contribution is -2.11. The lowest BCUT2D eigenvalue weighted by molar-refractivity contribution is -0.423. The van der Waals surface area contributed by atoms with E-state index in [1.807, 2.05) is 19.1 Å². The Kier molecular flexibility index (Phi) is 10.3. The predicted molar refractivity (Wildman–Crippen MR) is 124 cm³/mol. The standard InChI is InChI=1S/C24H30N2O7/c1-3-5-7-8-9-10-18-11-13-19(14-12-18)24(27)33-21-16-15-20(32-17-6-4-2)22(25(28)29)23(21)26(30)31/h11-16H,3-10,17H2,1-2H3. The third-order valence-corrected chi connectivity index (χ3v) is 5.16. The number of hydrogen-bond donors (Lipinski definition) is 0. The summed E-state index contributed by atoms with van der Waals surface area (Å²) in [6.07, 6.45) is 8.16. The van der Waals surface area contributed by atoms with Crippen LogP contribution >= 0.6 is 0 Å². The Labute approximate surface area is 193 Å². The first-order chi connectivity index (χ1) is 15.9. The monoisotopic (exact) mass is 458 g/mol. The zero-order valence-electron chi connectivity index (χ0n) is 19.1. The van der Waals surface area contributed by atoms with Crippen molar-refractivity contribution >= 4 is 17.3 Å². The molecule has 2 aromatic carbocycles. The van der Waals surface area contributed by atoms with Crippen molar-refractivity contribution in [3.63, 3.8) is 0 Å². The van der Waals surface area contributed by atoms with E-state index in [0.717, 1.165) is 37.3 Å². The molecule has 0 radical (unpaired) electrons. The van der Waals surface area contributed by atoms with E-state index in [4.69, 9.17) is 9.47 Å². The molecule has 9 heteroatoms. The Morgan fingerprint density at radius 3 is 1.97 bits per heavy atom. The molecule has 0 saturated carbocycles. The summed E-state index contributed by atoms with van der Waals surface area (Å²) in [6.45, 7) is 4.27. The summed E-state index contributed by atoms with van der Waals surface area (Å²) >= 11 is 0. The van der Waals surface area contributed by atoms with Crippen LogP contribution in [0.1, 0.15) is 74.7 Å². The van der Waals surface area contributed by atoms with Gasteiger partial charge in [-0.15, -0.1) is 0 Å². The maximum absolute atomic E-state index is 12.6. The topological polar surface area (TPSA) is 122 Å². The van der Waals surface area contributed by atoms with Crippen molar-refractivity contribution in [1.82, 2.24) is 0 Å². The molecule has 2 aromatic rings. The number of nitrogens with zero attached hydrogens (tertiary/aromatic N) is 2. The molecule has 0 atom stereocenters. The summed E-state index contributed by atoms with van der Waals surface area (Å²) in [6, 6.07) is 9.17. The number of unbranched alkanes of at least 4 members (excludes halogenated alkanes) is 5. The van der Waals surface area contributed by atoms with Crippen LogP contribution in [-0.2, 0) is 6.42 Å². The highest BCUT2D eigenvalue weighted by atomic mass is 16.6. The van der Waals surface area contributed by atoms with Gasteiger partial charge in [-0.1, -0.05) is 58.1 Å². The summed E-state index contributed by atoms with van der Waals surface area (Å²) in [5.41, 5.74) is -0.464. The fourth-order valence-corrected chi connectivity index (χ4v) is 3.32. The van der Waals surface area contributed by atoms with Crippen molar-refractivity contribution < 1.29 is 24.1 Å². The molecule has 0 amide bonds. The molecular weight excluding hydrogens is 428 g/mol. The average molecular weight is 459 g/mol. The molecule has 0 aliphatic carbocycles. The lowest BCUT2D eigenvalue weighted by Gasteiger charge is -2.10. The van der Waals surface area contributed by atoms with Gasteiger partial charge in [0.05, 0.1) is 22.0 Å². The zero-order chi connectivity index (χ0) is 24.2. The molecule has 0 spiro atoms. The van der Waals surface area contributed by atoms with E-state index < -0.39 is 32.9 Å². The Balaban J connectivity index is 2.17. The van der Waals surface area contributed by atoms with Crippen molar-refractivity contribution in [2.24, 2.45) is 0 Å². The zero-order valence-corrected chi connectivity index (χ0v) is 19.1. The van der Waals surface area contributed by atoms with Crippen LogP contribution in [0.15, 0.2) is 36.4 Å². The third-order valence-electron chi connectivity index (χ3n) is 5.16. The second kappa shape index (κ2) is 13.1. The van der Waals surface area contributed by atoms with Gasteiger partial charge in [0, 0.05) is 0 Å². The highest BCUT2D eigenvalue weighted by molar-refractivity contribution is 5.92. The van der Waals surface area contributed by atoms with Crippen LogP contribution in [0.4, 0.5) is 11.4 Å². The number of aryl methyl sites for hydroxylation is 1. The Morgan fingerprint density at radius 1 is 0.788 bits per heavy atom. The number of nitro groups is 2. The SMILES string of the molecule is CCCCCCCc1ccc(C(=O)Oc2ccc(OCCCC)c([N+](=O)[O-])c2[N+](=O)[O-])cc1. The van der Waals surface area contributed by atoms with Gasteiger partial charge >= 0.3 is 17.3 Å². The van der Waals surface area contributed by atoms with Gasteiger partial charge in [-0.3, -0.25) is 20.2 Å². The number of nitro benzene ring substituents is 2. The van der Waals surface area contributed by atoms with Crippen molar-refractivity contribution in [3.8, 4) is 11.5 Å². The van der Waals surface area contributed by atoms with Gasteiger partial charge in [0.1, 0.15) is 0 Å². The van der Waals surface area contributed by atoms with Crippen LogP contribution in [0.2, 0.25) is 0 Å². The molecule has 2 rings (SSSR count). The van der Waals surface area contributed by atoms with Gasteiger partial charge in [0.15, 0.2) is 0 Å². The van der Waals surface area contributed by atoms with Crippen LogP contribution in [0.5, 0.6) is 11.5 Å². The fourth-order valence-electron chi connectivity index (χ4n) is 3.32. The molecule has 0 saturated heterocycles. The van der Waals surface area contributed by atoms with E-state index in [0.29, 0.717) is 6.42 Å². The van der Waals surface area contributed by atoms with Crippen LogP contribution in [0.3, 0.4) is 0 Å². The summed E-state index contributed by atoms with van der Waals surface area (Å²) in [4.78, 5) is 33.9. The molecule has 0 aromatic heterocycles. The van der Waals surface area contributed by atoms with Crippen LogP contribution in [-0.4, -0.2) is 22.4 Å². The normalized spacial score (nSPS) is 10.6. The predicted octanol–water partition coefficient (Wildman–Crippen LogP) is 6.41. The van der Waals surface area contributed by atoms with Crippen molar-refractivity contribution in [3.05, 3.63) is 67.8 Å². The minimum absolute atomic E-state index is 0.179. The third kappa shape index (κ3) is 7.55. The fraction of sp³-hybridized carbons (Fsp3) is 0.458. The van der Waals surface area contributed by atoms with Crippen molar-refractivity contribution in [2.75, 3.05) is 6.61 Å². The van der Waals surface area contributed by atoms with Gasteiger partial charge in [-0.25, -0.2) is 4.79 Å². The van der Waals surface area contributed by atoms with E-state index in [1.54, 1.807) is 12.1 Å². The molecule has 0 fully saturated rings. The number of ether oxygens (including phenoxy) is 2. The van der Waals surface area contributed by atoms with Crippen LogP contribution < -0.4 is 9.47 Å². The first kappa shape index (κ1) is 25.8. The number of benzene rings is 2. The first-order valence-electron chi connectivity index (χ1n) is 11.3. The average Bonchev–Trinajstić information content (AvgIpc) is 2.79. The minimum Gasteiger partial charge on any atom is -0.487 e. The molecular formula is C24H30N2O7. The summed E-state index contributed by atoms with van der Waals surface area (Å²) < 4.78 is 10.5. The van der Waals surface area contributed by atoms with Gasteiger partial charge in [0.2, 0.25) is 11.5 Å². The quantitative estimate of drug-likeness (QED) is 0.105. The van der Waals surface area contributed by atoms with Gasteiger partial charge in [0.25, 0.3) is 0 Å². The number of rotatable bonds is 14. The molecule has 9 nitrogen and oxygen atoms in total. The summed E-state index contributed by atoms with van der Waals surface area (Å²) in [5, 5.41) is 23.2. The molecule has 0 aliphatic heterocycles. The second-order valence-corrected chi connectivity index (χ2v) is 7.73. The lowest BCUT2D eigenvalue weighted by atomic mass is 10.0. The van der Waals surface area contributed by atoms with Gasteiger partial charge in [-0.2, -0.15) is 0 Å². The number of esters is 1. The van der Waals surface area contributed by atoms with Crippen LogP contribution in [0, 0.1) is 20.2 Å². The Bertz CT molecular complexity index is 958. The smallest absolute Gasteiger partial charge is 0.392 e. The van der Waals surface area contributed by atoms with E-state index in [2.05, 4.69) is 6.92 Å². The molecule has 178 valence electrons. The molecule has 0 N–H and O–H groups in total. The van der Waals surface area contributed by atoms with E-state index in [1.165, 1.54) is 25.3 Å². The summed E-state index contributed by atoms with van der Waals surface area (Å²) in [7, 11) is 0. The molecule has 0 bridgehead atoms. The molecule has 0 aliphatic rings. The van der Waals surface area contributed by atoms with Crippen molar-refractivity contribution in [2.45, 2.75) is 65.2 Å². The molecule has 0 unspecified atom stereocenters. The maximum atomic E-state index is 12.6. The van der Waals surface area contributed by atoms with E-state index in [9.17, 15) is 25.0 Å². The molecule has 0 heterocycles. The first-order valence-corrected chi connectivity index (χ1v) is 11.3. The van der Waals surface area contributed by atoms with Gasteiger partial charge < -0.3 is 9.47 Å². The number of carbonyl (C=O) groups excluding carboxylic acids is 1. The maximum Gasteiger partial charge on any atom is 0.392 e. The molecule has 33 heavy (non-hydrogen) atoms. The highest BCUT2D eigenvalue weighted by Crippen LogP contribution is 2.43. The number of hydrogen-bond acceptors (Lipinski definition) is 7. The second-order valence-electron chi connectivity index (χ2n) is 7.73. The minimum atomic E-state index is -0.935. The van der Waals surface area contributed by atoms with Crippen molar-refractivity contribution in [1.29, 1.82) is 0 Å². The van der Waals surface area contributed by atoms with Crippen LogP contribution in [0.25, 0.3) is 0 Å². The Hall–Kier alpha value is -3.49. The van der Waals surface area contributed by atoms with E-state index >= 15 is 0 Å². The Morgan fingerprint density at radius 2 is 1.36 bits per heavy atom. The highest BCUT2D eigenvalue weighted by Gasteiger charge is 2.36.